The lowest BCUT2D eigenvalue weighted by molar-refractivity contribution is -0.141. The van der Waals surface area contributed by atoms with Gasteiger partial charge in [-0.05, 0) is 26.8 Å². The Morgan fingerprint density at radius 3 is 2.44 bits per heavy atom. The van der Waals surface area contributed by atoms with Gasteiger partial charge in [-0.25, -0.2) is 4.79 Å². The molecule has 1 heterocycles. The number of nitrogens with one attached hydrogen (secondary N) is 1. The van der Waals surface area contributed by atoms with Crippen LogP contribution in [-0.4, -0.2) is 44.4 Å². The lowest BCUT2D eigenvalue weighted by Crippen LogP contribution is -2.47. The fraction of sp³-hybridized carbons (Fsp3) is 0.455. The molecule has 0 spiro atoms. The molecule has 0 saturated heterocycles. The minimum Gasteiger partial charge on any atom is -0.480 e. The van der Waals surface area contributed by atoms with Crippen LogP contribution in [0.3, 0.4) is 0 Å². The van der Waals surface area contributed by atoms with Gasteiger partial charge >= 0.3 is 5.97 Å². The van der Waals surface area contributed by atoms with Crippen molar-refractivity contribution >= 4 is 11.9 Å². The lowest BCUT2D eigenvalue weighted by atomic mass is 10.1. The van der Waals surface area contributed by atoms with Crippen molar-refractivity contribution in [2.24, 2.45) is 0 Å². The molecule has 2 atom stereocenters. The molecule has 0 bridgehead atoms. The Hall–Kier alpha value is -2.02. The summed E-state index contributed by atoms with van der Waals surface area (Å²) in [6.07, 6.45) is -1.19. The summed E-state index contributed by atoms with van der Waals surface area (Å²) in [4.78, 5) is 22.7. The Morgan fingerprint density at radius 1 is 1.33 bits per heavy atom. The van der Waals surface area contributed by atoms with Crippen molar-refractivity contribution in [2.75, 3.05) is 0 Å². The average Bonchev–Trinajstić information content (AvgIpc) is 2.28. The van der Waals surface area contributed by atoms with Crippen molar-refractivity contribution < 1.29 is 19.8 Å². The maximum absolute atomic E-state index is 11.9. The van der Waals surface area contributed by atoms with Crippen molar-refractivity contribution in [1.29, 1.82) is 0 Å². The van der Waals surface area contributed by atoms with Gasteiger partial charge in [0, 0.05) is 0 Å². The van der Waals surface area contributed by atoms with Gasteiger partial charge in [-0.3, -0.25) is 4.79 Å². The maximum atomic E-state index is 11.9. The van der Waals surface area contributed by atoms with Gasteiger partial charge in [0.2, 0.25) is 0 Å². The monoisotopic (exact) mass is 253 g/mol. The highest BCUT2D eigenvalue weighted by Crippen LogP contribution is 2.06. The largest absolute Gasteiger partial charge is 0.480 e. The van der Waals surface area contributed by atoms with Crippen LogP contribution in [0.2, 0.25) is 0 Å². The molecule has 0 aliphatic carbocycles. The summed E-state index contributed by atoms with van der Waals surface area (Å²) in [5.41, 5.74) is 1.19. The second-order valence-electron chi connectivity index (χ2n) is 4.01. The standard InChI is InChI=1S/C11H15N3O4/c1-5-4-8(6(2)14-13-5)10(16)12-9(7(3)15)11(17)18/h4,7,9,15H,1-3H3,(H,12,16)(H,17,18). The number of hydrogen-bond acceptors (Lipinski definition) is 5. The van der Waals surface area contributed by atoms with Gasteiger partial charge < -0.3 is 15.5 Å². The Bertz CT molecular complexity index is 473. The molecule has 3 N–H and O–H groups in total. The summed E-state index contributed by atoms with van der Waals surface area (Å²) in [6, 6.07) is 0.156. The minimum atomic E-state index is -1.36. The fourth-order valence-corrected chi connectivity index (χ4v) is 1.39. The second kappa shape index (κ2) is 5.54. The number of nitrogens with zero attached hydrogens (tertiary/aromatic N) is 2. The molecule has 0 aliphatic heterocycles. The molecule has 0 saturated carbocycles. The van der Waals surface area contributed by atoms with E-state index in [0.717, 1.165) is 0 Å². The number of aliphatic carboxylic acids is 1. The molecule has 2 unspecified atom stereocenters. The minimum absolute atomic E-state index is 0.245. The van der Waals surface area contributed by atoms with Crippen LogP contribution in [0.25, 0.3) is 0 Å². The van der Waals surface area contributed by atoms with Gasteiger partial charge in [0.05, 0.1) is 23.1 Å². The van der Waals surface area contributed by atoms with Crippen molar-refractivity contribution in [2.45, 2.75) is 32.9 Å². The fourth-order valence-electron chi connectivity index (χ4n) is 1.39. The molecule has 1 amide bonds. The molecule has 1 rings (SSSR count). The number of aliphatic hydroxyl groups is 1. The van der Waals surface area contributed by atoms with Crippen LogP contribution in [0, 0.1) is 13.8 Å². The Balaban J connectivity index is 2.94. The quantitative estimate of drug-likeness (QED) is 0.676. The van der Waals surface area contributed by atoms with Crippen molar-refractivity contribution in [3.05, 3.63) is 23.0 Å². The van der Waals surface area contributed by atoms with E-state index < -0.39 is 24.0 Å². The van der Waals surface area contributed by atoms with E-state index in [2.05, 4.69) is 15.5 Å². The number of carboxylic acid groups (broad SMARTS) is 1. The first-order valence-corrected chi connectivity index (χ1v) is 5.35. The van der Waals surface area contributed by atoms with Crippen LogP contribution in [0.5, 0.6) is 0 Å². The summed E-state index contributed by atoms with van der Waals surface area (Å²) in [7, 11) is 0. The second-order valence-corrected chi connectivity index (χ2v) is 4.01. The number of amides is 1. The molecular formula is C11H15N3O4. The maximum Gasteiger partial charge on any atom is 0.328 e. The number of carbonyl (C=O) groups is 2. The third kappa shape index (κ3) is 3.24. The van der Waals surface area contributed by atoms with E-state index in [1.165, 1.54) is 13.0 Å². The topological polar surface area (TPSA) is 112 Å². The lowest BCUT2D eigenvalue weighted by Gasteiger charge is -2.17. The van der Waals surface area contributed by atoms with Crippen LogP contribution in [0.15, 0.2) is 6.07 Å². The van der Waals surface area contributed by atoms with Gasteiger partial charge in [0.15, 0.2) is 6.04 Å². The molecule has 18 heavy (non-hydrogen) atoms. The van der Waals surface area contributed by atoms with Gasteiger partial charge in [-0.1, -0.05) is 0 Å². The van der Waals surface area contributed by atoms with Crippen molar-refractivity contribution in [3.8, 4) is 0 Å². The Morgan fingerprint density at radius 2 is 1.94 bits per heavy atom. The third-order valence-corrected chi connectivity index (χ3v) is 2.38. The van der Waals surface area contributed by atoms with Crippen molar-refractivity contribution in [3.63, 3.8) is 0 Å². The third-order valence-electron chi connectivity index (χ3n) is 2.38. The van der Waals surface area contributed by atoms with Crippen LogP contribution < -0.4 is 5.32 Å². The number of aryl methyl sites for hydroxylation is 2. The van der Waals surface area contributed by atoms with E-state index in [9.17, 15) is 14.7 Å². The summed E-state index contributed by atoms with van der Waals surface area (Å²) in [6.45, 7) is 4.56. The van der Waals surface area contributed by atoms with Gasteiger partial charge in [0.1, 0.15) is 0 Å². The van der Waals surface area contributed by atoms with E-state index in [0.29, 0.717) is 11.4 Å². The van der Waals surface area contributed by atoms with E-state index in [1.54, 1.807) is 13.8 Å². The normalized spacial score (nSPS) is 13.8. The number of aliphatic hydroxyl groups excluding tert-OH is 1. The molecule has 0 aliphatic rings. The first-order chi connectivity index (χ1) is 8.32. The van der Waals surface area contributed by atoms with E-state index in [1.807, 2.05) is 0 Å². The summed E-state index contributed by atoms with van der Waals surface area (Å²) in [5.74, 6) is -1.89. The number of carboxylic acids is 1. The first kappa shape index (κ1) is 14.0. The molecular weight excluding hydrogens is 238 g/mol. The number of carbonyl (C=O) groups excluding carboxylic acids is 1. The van der Waals surface area contributed by atoms with E-state index in [-0.39, 0.29) is 5.56 Å². The highest BCUT2D eigenvalue weighted by molar-refractivity contribution is 5.97. The van der Waals surface area contributed by atoms with Crippen LogP contribution in [0.4, 0.5) is 0 Å². The SMILES string of the molecule is Cc1cc(C(=O)NC(C(=O)O)C(C)O)c(C)nn1. The van der Waals surface area contributed by atoms with Crippen LogP contribution >= 0.6 is 0 Å². The predicted molar refractivity (Wildman–Crippen MR) is 62.1 cm³/mol. The number of aromatic nitrogens is 2. The summed E-state index contributed by atoms with van der Waals surface area (Å²) < 4.78 is 0. The molecule has 0 radical (unpaired) electrons. The predicted octanol–water partition coefficient (Wildman–Crippen LogP) is -0.343. The first-order valence-electron chi connectivity index (χ1n) is 5.35. The Labute approximate surface area is 104 Å². The van der Waals surface area contributed by atoms with Gasteiger partial charge in [-0.15, -0.1) is 0 Å². The molecule has 98 valence electrons. The Kier molecular flexibility index (Phi) is 4.33. The highest BCUT2D eigenvalue weighted by atomic mass is 16.4. The van der Waals surface area contributed by atoms with E-state index in [4.69, 9.17) is 5.11 Å². The molecule has 0 aromatic carbocycles. The smallest absolute Gasteiger partial charge is 0.328 e. The molecule has 1 aromatic rings. The highest BCUT2D eigenvalue weighted by Gasteiger charge is 2.26. The summed E-state index contributed by atoms with van der Waals surface area (Å²) in [5, 5.41) is 27.9. The average molecular weight is 253 g/mol. The van der Waals surface area contributed by atoms with Crippen LogP contribution in [-0.2, 0) is 4.79 Å². The number of rotatable bonds is 4. The van der Waals surface area contributed by atoms with Gasteiger partial charge in [-0.2, -0.15) is 10.2 Å². The molecule has 1 aromatic heterocycles. The molecule has 7 heteroatoms. The van der Waals surface area contributed by atoms with E-state index >= 15 is 0 Å². The van der Waals surface area contributed by atoms with Crippen LogP contribution in [0.1, 0.15) is 28.7 Å². The zero-order valence-corrected chi connectivity index (χ0v) is 10.3. The number of hydrogen-bond donors (Lipinski definition) is 3. The summed E-state index contributed by atoms with van der Waals surface area (Å²) >= 11 is 0. The molecule has 0 fully saturated rings. The zero-order chi connectivity index (χ0) is 13.9. The van der Waals surface area contributed by atoms with Crippen molar-refractivity contribution in [1.82, 2.24) is 15.5 Å². The molecule has 7 nitrogen and oxygen atoms in total. The zero-order valence-electron chi connectivity index (χ0n) is 10.3. The van der Waals surface area contributed by atoms with Gasteiger partial charge in [0.25, 0.3) is 5.91 Å².